The Balaban J connectivity index is 2.19. The summed E-state index contributed by atoms with van der Waals surface area (Å²) in [5.74, 6) is -2.31. The van der Waals surface area contributed by atoms with Crippen LogP contribution < -0.4 is 0 Å². The number of aliphatic carboxylic acids is 1. The highest BCUT2D eigenvalue weighted by Crippen LogP contribution is 2.22. The topological polar surface area (TPSA) is 54.4 Å². The lowest BCUT2D eigenvalue weighted by Crippen LogP contribution is -2.25. The van der Waals surface area contributed by atoms with Gasteiger partial charge in [0.05, 0.1) is 5.92 Å². The highest BCUT2D eigenvalue weighted by molar-refractivity contribution is 5.99. The molecule has 0 heterocycles. The molecule has 0 saturated heterocycles. The molecule has 0 bridgehead atoms. The lowest BCUT2D eigenvalue weighted by atomic mass is 9.88. The summed E-state index contributed by atoms with van der Waals surface area (Å²) in [4.78, 5) is 23.2. The number of Topliss-reactive ketones (excluding diaryl/α,β-unsaturated/α-hetero) is 1. The normalized spacial score (nSPS) is 13.4. The van der Waals surface area contributed by atoms with Gasteiger partial charge in [0.15, 0.2) is 5.78 Å². The van der Waals surface area contributed by atoms with E-state index in [-0.39, 0.29) is 5.78 Å². The maximum Gasteiger partial charge on any atom is 0.306 e. The Kier molecular flexibility index (Phi) is 4.53. The third-order valence-electron chi connectivity index (χ3n) is 3.83. The molecule has 2 unspecified atom stereocenters. The van der Waals surface area contributed by atoms with Crippen molar-refractivity contribution in [2.75, 3.05) is 0 Å². The summed E-state index contributed by atoms with van der Waals surface area (Å²) >= 11 is 0. The molecule has 0 spiro atoms. The van der Waals surface area contributed by atoms with E-state index < -0.39 is 17.8 Å². The van der Waals surface area contributed by atoms with Crippen molar-refractivity contribution in [3.63, 3.8) is 0 Å². The lowest BCUT2D eigenvalue weighted by molar-refractivity contribution is -0.142. The van der Waals surface area contributed by atoms with Gasteiger partial charge in [-0.25, -0.2) is 0 Å². The predicted octanol–water partition coefficient (Wildman–Crippen LogP) is 3.89. The van der Waals surface area contributed by atoms with Crippen molar-refractivity contribution in [2.24, 2.45) is 11.8 Å². The van der Waals surface area contributed by atoms with E-state index in [1.54, 1.807) is 26.0 Å². The maximum atomic E-state index is 12.3. The minimum Gasteiger partial charge on any atom is -0.481 e. The molecule has 108 valence electrons. The van der Waals surface area contributed by atoms with Crippen LogP contribution in [0.3, 0.4) is 0 Å². The molecular weight excluding hydrogens is 264 g/mol. The molecule has 0 aromatic heterocycles. The maximum absolute atomic E-state index is 12.3. The second-order valence-electron chi connectivity index (χ2n) is 5.22. The van der Waals surface area contributed by atoms with Gasteiger partial charge in [-0.2, -0.15) is 0 Å². The summed E-state index contributed by atoms with van der Waals surface area (Å²) in [6.45, 7) is 3.22. The van der Waals surface area contributed by atoms with Crippen molar-refractivity contribution in [3.8, 4) is 11.1 Å². The minimum absolute atomic E-state index is 0.135. The average Bonchev–Trinajstić information content (AvgIpc) is 2.53. The number of hydrogen-bond acceptors (Lipinski definition) is 2. The third-order valence-corrected chi connectivity index (χ3v) is 3.83. The molecule has 0 saturated carbocycles. The zero-order valence-corrected chi connectivity index (χ0v) is 12.1. The first-order valence-corrected chi connectivity index (χ1v) is 6.93. The zero-order chi connectivity index (χ0) is 15.4. The number of carbonyl (C=O) groups is 2. The van der Waals surface area contributed by atoms with Crippen molar-refractivity contribution < 1.29 is 14.7 Å². The smallest absolute Gasteiger partial charge is 0.306 e. The average molecular weight is 282 g/mol. The van der Waals surface area contributed by atoms with Gasteiger partial charge in [0.25, 0.3) is 0 Å². The summed E-state index contributed by atoms with van der Waals surface area (Å²) in [6.07, 6.45) is 0. The molecule has 2 rings (SSSR count). The first kappa shape index (κ1) is 15.0. The van der Waals surface area contributed by atoms with Crippen molar-refractivity contribution in [3.05, 3.63) is 60.2 Å². The van der Waals surface area contributed by atoms with Crippen molar-refractivity contribution in [1.82, 2.24) is 0 Å². The monoisotopic (exact) mass is 282 g/mol. The van der Waals surface area contributed by atoms with Gasteiger partial charge in [0.1, 0.15) is 0 Å². The van der Waals surface area contributed by atoms with Gasteiger partial charge in [-0.15, -0.1) is 0 Å². The molecule has 0 aliphatic heterocycles. The quantitative estimate of drug-likeness (QED) is 0.846. The van der Waals surface area contributed by atoms with Crippen LogP contribution in [-0.2, 0) is 4.79 Å². The minimum atomic E-state index is -0.947. The van der Waals surface area contributed by atoms with Crippen LogP contribution in [0.15, 0.2) is 54.6 Å². The number of benzene rings is 2. The Bertz CT molecular complexity index is 629. The van der Waals surface area contributed by atoms with E-state index in [1.165, 1.54) is 0 Å². The molecule has 21 heavy (non-hydrogen) atoms. The summed E-state index contributed by atoms with van der Waals surface area (Å²) in [6, 6.07) is 17.2. The SMILES string of the molecule is CC(C(=O)O)C(C)C(=O)c1ccc(-c2ccccc2)cc1. The van der Waals surface area contributed by atoms with E-state index in [0.29, 0.717) is 5.56 Å². The van der Waals surface area contributed by atoms with E-state index in [9.17, 15) is 9.59 Å². The number of carboxylic acids is 1. The van der Waals surface area contributed by atoms with Crippen molar-refractivity contribution in [1.29, 1.82) is 0 Å². The summed E-state index contributed by atoms with van der Waals surface area (Å²) in [5, 5.41) is 8.99. The van der Waals surface area contributed by atoms with Crippen LogP contribution in [0.1, 0.15) is 24.2 Å². The van der Waals surface area contributed by atoms with Gasteiger partial charge in [-0.1, -0.05) is 68.4 Å². The van der Waals surface area contributed by atoms with E-state index in [4.69, 9.17) is 5.11 Å². The lowest BCUT2D eigenvalue weighted by Gasteiger charge is -2.15. The van der Waals surface area contributed by atoms with Gasteiger partial charge in [0, 0.05) is 11.5 Å². The van der Waals surface area contributed by atoms with Gasteiger partial charge in [-0.05, 0) is 11.1 Å². The summed E-state index contributed by atoms with van der Waals surface area (Å²) in [7, 11) is 0. The van der Waals surface area contributed by atoms with Crippen LogP contribution in [0, 0.1) is 11.8 Å². The van der Waals surface area contributed by atoms with E-state index >= 15 is 0 Å². The Morgan fingerprint density at radius 2 is 1.33 bits per heavy atom. The van der Waals surface area contributed by atoms with Gasteiger partial charge in [0.2, 0.25) is 0 Å². The Morgan fingerprint density at radius 3 is 1.86 bits per heavy atom. The number of rotatable bonds is 5. The second-order valence-corrected chi connectivity index (χ2v) is 5.22. The van der Waals surface area contributed by atoms with Gasteiger partial charge >= 0.3 is 5.97 Å². The molecule has 2 aromatic rings. The first-order chi connectivity index (χ1) is 10.0. The fraction of sp³-hybridized carbons (Fsp3) is 0.222. The molecule has 2 atom stereocenters. The molecule has 3 heteroatoms. The molecule has 1 N–H and O–H groups in total. The van der Waals surface area contributed by atoms with Crippen LogP contribution in [0.5, 0.6) is 0 Å². The summed E-state index contributed by atoms with van der Waals surface area (Å²) in [5.41, 5.74) is 2.67. The van der Waals surface area contributed by atoms with E-state index in [1.807, 2.05) is 42.5 Å². The molecule has 0 radical (unpaired) electrons. The van der Waals surface area contributed by atoms with Gasteiger partial charge < -0.3 is 5.11 Å². The number of ketones is 1. The Morgan fingerprint density at radius 1 is 0.810 bits per heavy atom. The fourth-order valence-corrected chi connectivity index (χ4v) is 2.16. The first-order valence-electron chi connectivity index (χ1n) is 6.93. The standard InChI is InChI=1S/C18H18O3/c1-12(13(2)18(20)21)17(19)16-10-8-15(9-11-16)14-6-4-3-5-7-14/h3-13H,1-2H3,(H,20,21). The van der Waals surface area contributed by atoms with E-state index in [2.05, 4.69) is 0 Å². The van der Waals surface area contributed by atoms with E-state index in [0.717, 1.165) is 11.1 Å². The van der Waals surface area contributed by atoms with Crippen LogP contribution in [0.25, 0.3) is 11.1 Å². The second kappa shape index (κ2) is 6.35. The molecular formula is C18H18O3. The number of hydrogen-bond donors (Lipinski definition) is 1. The predicted molar refractivity (Wildman–Crippen MR) is 82.2 cm³/mol. The van der Waals surface area contributed by atoms with Crippen LogP contribution in [-0.4, -0.2) is 16.9 Å². The molecule has 2 aromatic carbocycles. The fourth-order valence-electron chi connectivity index (χ4n) is 2.16. The Hall–Kier alpha value is -2.42. The van der Waals surface area contributed by atoms with Crippen molar-refractivity contribution in [2.45, 2.75) is 13.8 Å². The van der Waals surface area contributed by atoms with Crippen LogP contribution in [0.4, 0.5) is 0 Å². The van der Waals surface area contributed by atoms with Crippen molar-refractivity contribution >= 4 is 11.8 Å². The highest BCUT2D eigenvalue weighted by Gasteiger charge is 2.26. The molecule has 0 aliphatic carbocycles. The molecule has 0 fully saturated rings. The zero-order valence-electron chi connectivity index (χ0n) is 12.1. The third kappa shape index (κ3) is 3.37. The van der Waals surface area contributed by atoms with Gasteiger partial charge in [-0.3, -0.25) is 9.59 Å². The van der Waals surface area contributed by atoms with Crippen LogP contribution >= 0.6 is 0 Å². The largest absolute Gasteiger partial charge is 0.481 e. The summed E-state index contributed by atoms with van der Waals surface area (Å²) < 4.78 is 0. The number of carbonyl (C=O) groups excluding carboxylic acids is 1. The van der Waals surface area contributed by atoms with Crippen LogP contribution in [0.2, 0.25) is 0 Å². The molecule has 3 nitrogen and oxygen atoms in total. The number of carboxylic acid groups (broad SMARTS) is 1. The molecule has 0 aliphatic rings. The highest BCUT2D eigenvalue weighted by atomic mass is 16.4. The Labute approximate surface area is 124 Å². The molecule has 0 amide bonds.